The van der Waals surface area contributed by atoms with Gasteiger partial charge in [0.2, 0.25) is 0 Å². The van der Waals surface area contributed by atoms with Gasteiger partial charge in [0.15, 0.2) is 0 Å². The highest BCUT2D eigenvalue weighted by Crippen LogP contribution is 2.31. The molecule has 0 N–H and O–H groups in total. The summed E-state index contributed by atoms with van der Waals surface area (Å²) >= 11 is 0. The fraction of sp³-hybridized carbons (Fsp3) is 0.474. The van der Waals surface area contributed by atoms with Gasteiger partial charge < -0.3 is 24.5 Å². The van der Waals surface area contributed by atoms with E-state index < -0.39 is 10.5 Å². The quantitative estimate of drug-likeness (QED) is 0.522. The minimum atomic E-state index is -0.526. The van der Waals surface area contributed by atoms with Crippen molar-refractivity contribution in [1.82, 2.24) is 19.4 Å². The van der Waals surface area contributed by atoms with E-state index in [4.69, 9.17) is 9.47 Å². The maximum Gasteiger partial charge on any atom is 0.415 e. The topological polar surface area (TPSA) is 103 Å². The van der Waals surface area contributed by atoms with Crippen LogP contribution in [0.5, 0.6) is 6.01 Å². The van der Waals surface area contributed by atoms with Gasteiger partial charge in [0, 0.05) is 37.7 Å². The Labute approximate surface area is 179 Å². The average molecular weight is 438 g/mol. The summed E-state index contributed by atoms with van der Waals surface area (Å²) in [6.07, 6.45) is 1.10. The van der Waals surface area contributed by atoms with Crippen LogP contribution >= 0.6 is 12.4 Å². The summed E-state index contributed by atoms with van der Waals surface area (Å²) in [7, 11) is 0. The molecule has 1 amide bonds. The van der Waals surface area contributed by atoms with Crippen LogP contribution in [0.15, 0.2) is 36.5 Å². The summed E-state index contributed by atoms with van der Waals surface area (Å²) in [5.41, 5.74) is 0.455. The smallest absolute Gasteiger partial charge is 0.415 e. The van der Waals surface area contributed by atoms with Crippen LogP contribution in [0.3, 0.4) is 0 Å². The number of carbonyl (C=O) groups is 1. The number of carbonyl (C=O) groups excluding carboxylic acids is 1. The van der Waals surface area contributed by atoms with Gasteiger partial charge in [-0.2, -0.15) is 0 Å². The van der Waals surface area contributed by atoms with Crippen molar-refractivity contribution >= 4 is 24.3 Å². The van der Waals surface area contributed by atoms with E-state index >= 15 is 0 Å². The van der Waals surface area contributed by atoms with Crippen molar-refractivity contribution in [3.8, 4) is 6.01 Å². The summed E-state index contributed by atoms with van der Waals surface area (Å²) in [4.78, 5) is 30.4. The van der Waals surface area contributed by atoms with Gasteiger partial charge in [-0.1, -0.05) is 30.3 Å². The number of amides is 1. The average Bonchev–Trinajstić information content (AvgIpc) is 3.22. The summed E-state index contributed by atoms with van der Waals surface area (Å²) in [5, 5.41) is 10.8. The number of fused-ring (bicyclic) bond motifs is 1. The van der Waals surface area contributed by atoms with Crippen molar-refractivity contribution in [3.05, 3.63) is 52.2 Å². The first-order valence-electron chi connectivity index (χ1n) is 9.50. The van der Waals surface area contributed by atoms with Gasteiger partial charge in [-0.3, -0.25) is 9.47 Å². The van der Waals surface area contributed by atoms with E-state index in [1.165, 1.54) is 6.20 Å². The van der Waals surface area contributed by atoms with Gasteiger partial charge in [0.25, 0.3) is 0 Å². The lowest BCUT2D eigenvalue weighted by Gasteiger charge is -2.37. The second kappa shape index (κ2) is 8.88. The molecule has 0 bridgehead atoms. The van der Waals surface area contributed by atoms with Gasteiger partial charge >= 0.3 is 17.9 Å². The molecule has 1 aromatic carbocycles. The van der Waals surface area contributed by atoms with Crippen molar-refractivity contribution in [2.24, 2.45) is 0 Å². The van der Waals surface area contributed by atoms with E-state index in [0.717, 1.165) is 5.56 Å². The van der Waals surface area contributed by atoms with Crippen molar-refractivity contribution in [3.63, 3.8) is 0 Å². The molecule has 0 aliphatic carbocycles. The molecule has 0 saturated carbocycles. The Morgan fingerprint density at radius 1 is 1.27 bits per heavy atom. The molecule has 162 valence electrons. The Morgan fingerprint density at radius 3 is 2.60 bits per heavy atom. The van der Waals surface area contributed by atoms with Gasteiger partial charge in [-0.05, 0) is 17.4 Å². The van der Waals surface area contributed by atoms with Crippen LogP contribution in [0.2, 0.25) is 0 Å². The predicted octanol–water partition coefficient (Wildman–Crippen LogP) is 2.32. The number of benzene rings is 1. The molecule has 3 heterocycles. The molecule has 10 nitrogen and oxygen atoms in total. The maximum absolute atomic E-state index is 12.3. The van der Waals surface area contributed by atoms with Gasteiger partial charge in [0.05, 0.1) is 6.54 Å². The van der Waals surface area contributed by atoms with Crippen LogP contribution in [0.1, 0.15) is 12.5 Å². The fourth-order valence-electron chi connectivity index (χ4n) is 3.74. The molecule has 1 unspecified atom stereocenters. The molecule has 11 heteroatoms. The van der Waals surface area contributed by atoms with Crippen LogP contribution in [-0.4, -0.2) is 68.7 Å². The number of ether oxygens (including phenoxy) is 2. The number of nitrogens with zero attached hydrogens (tertiary/aromatic N) is 5. The number of rotatable bonds is 5. The third-order valence-corrected chi connectivity index (χ3v) is 5.15. The Kier molecular flexibility index (Phi) is 6.47. The van der Waals surface area contributed by atoms with Crippen molar-refractivity contribution in [2.75, 3.05) is 32.7 Å². The lowest BCUT2D eigenvalue weighted by atomic mass is 10.1. The molecule has 1 atom stereocenters. The standard InChI is InChI=1S/C19H23N5O5.ClH/c1-19(14-23-11-16(24(26)27)20-17(23)29-19)13-21-7-9-22(10-8-21)18(25)28-12-15-5-3-2-4-6-15;/h2-6,11H,7-10,12-14H2,1H3;1H. The molecule has 30 heavy (non-hydrogen) atoms. The second-order valence-electron chi connectivity index (χ2n) is 7.62. The van der Waals surface area contributed by atoms with E-state index in [2.05, 4.69) is 9.88 Å². The molecule has 4 rings (SSSR count). The van der Waals surface area contributed by atoms with Crippen LogP contribution in [-0.2, 0) is 17.9 Å². The number of nitro groups is 1. The summed E-state index contributed by atoms with van der Waals surface area (Å²) in [6, 6.07) is 9.88. The molecule has 2 aliphatic heterocycles. The molecule has 2 aliphatic rings. The van der Waals surface area contributed by atoms with E-state index in [0.29, 0.717) is 39.3 Å². The Balaban J connectivity index is 0.00000256. The first-order valence-corrected chi connectivity index (χ1v) is 9.50. The Hall–Kier alpha value is -2.85. The van der Waals surface area contributed by atoms with Crippen molar-refractivity contribution < 1.29 is 19.2 Å². The van der Waals surface area contributed by atoms with E-state index in [9.17, 15) is 14.9 Å². The number of hydrogen-bond donors (Lipinski definition) is 0. The van der Waals surface area contributed by atoms with Crippen LogP contribution in [0.4, 0.5) is 10.6 Å². The van der Waals surface area contributed by atoms with E-state index in [1.807, 2.05) is 37.3 Å². The molecule has 1 aromatic heterocycles. The van der Waals surface area contributed by atoms with Gasteiger partial charge in [-0.25, -0.2) is 4.79 Å². The lowest BCUT2D eigenvalue weighted by Crippen LogP contribution is -2.53. The third-order valence-electron chi connectivity index (χ3n) is 5.15. The summed E-state index contributed by atoms with van der Waals surface area (Å²) in [5.74, 6) is -0.204. The predicted molar refractivity (Wildman–Crippen MR) is 110 cm³/mol. The highest BCUT2D eigenvalue weighted by molar-refractivity contribution is 5.85. The normalized spacial score (nSPS) is 20.8. The van der Waals surface area contributed by atoms with Crippen LogP contribution in [0.25, 0.3) is 0 Å². The van der Waals surface area contributed by atoms with Crippen LogP contribution < -0.4 is 4.74 Å². The number of halogens is 1. The SMILES string of the molecule is CC1(CN2CCN(C(=O)OCc3ccccc3)CC2)Cn2cc([N+](=O)[O-])nc2O1.Cl. The van der Waals surface area contributed by atoms with E-state index in [-0.39, 0.29) is 36.9 Å². The zero-order valence-electron chi connectivity index (χ0n) is 16.6. The second-order valence-corrected chi connectivity index (χ2v) is 7.62. The molecule has 2 aromatic rings. The number of aromatic nitrogens is 2. The fourth-order valence-corrected chi connectivity index (χ4v) is 3.74. The lowest BCUT2D eigenvalue weighted by molar-refractivity contribution is -0.389. The highest BCUT2D eigenvalue weighted by Gasteiger charge is 2.42. The minimum Gasteiger partial charge on any atom is -0.445 e. The molecular formula is C19H24ClN5O5. The largest absolute Gasteiger partial charge is 0.445 e. The van der Waals surface area contributed by atoms with Crippen molar-refractivity contribution in [2.45, 2.75) is 25.7 Å². The van der Waals surface area contributed by atoms with Gasteiger partial charge in [-0.15, -0.1) is 12.4 Å². The molecule has 1 fully saturated rings. The minimum absolute atomic E-state index is 0. The molecule has 0 radical (unpaired) electrons. The first-order chi connectivity index (χ1) is 13.9. The maximum atomic E-state index is 12.3. The van der Waals surface area contributed by atoms with Gasteiger partial charge in [0.1, 0.15) is 18.4 Å². The van der Waals surface area contributed by atoms with Crippen molar-refractivity contribution in [1.29, 1.82) is 0 Å². The Bertz CT molecular complexity index is 874. The molecule has 0 spiro atoms. The summed E-state index contributed by atoms with van der Waals surface area (Å²) < 4.78 is 13.0. The highest BCUT2D eigenvalue weighted by atomic mass is 35.5. The monoisotopic (exact) mass is 437 g/mol. The number of hydrogen-bond acceptors (Lipinski definition) is 7. The third kappa shape index (κ3) is 4.82. The first kappa shape index (κ1) is 21.8. The van der Waals surface area contributed by atoms with Crippen LogP contribution in [0, 0.1) is 10.1 Å². The van der Waals surface area contributed by atoms with E-state index in [1.54, 1.807) is 9.47 Å². The Morgan fingerprint density at radius 2 is 1.97 bits per heavy atom. The molecule has 1 saturated heterocycles. The zero-order chi connectivity index (χ0) is 20.4. The number of imidazole rings is 1. The zero-order valence-corrected chi connectivity index (χ0v) is 17.4. The summed E-state index contributed by atoms with van der Waals surface area (Å²) in [6.45, 7) is 5.97. The number of piperazine rings is 1. The molecular weight excluding hydrogens is 414 g/mol.